The third-order valence-corrected chi connectivity index (χ3v) is 5.52. The molecule has 0 spiro atoms. The summed E-state index contributed by atoms with van der Waals surface area (Å²) in [6.45, 7) is 0.456. The van der Waals surface area contributed by atoms with E-state index in [1.807, 2.05) is 18.2 Å². The number of hydrogen-bond acceptors (Lipinski definition) is 5. The van der Waals surface area contributed by atoms with E-state index in [9.17, 15) is 9.90 Å². The molecular formula is C21H25N3O3. The molecule has 1 aliphatic rings. The molecule has 27 heavy (non-hydrogen) atoms. The average Bonchev–Trinajstić information content (AvgIpc) is 2.72. The Balaban J connectivity index is 1.82. The normalized spacial score (nSPS) is 22.0. The Bertz CT molecular complexity index is 800. The summed E-state index contributed by atoms with van der Waals surface area (Å²) in [6, 6.07) is 15.0. The molecule has 2 aromatic rings. The van der Waals surface area contributed by atoms with Crippen molar-refractivity contribution in [3.63, 3.8) is 0 Å². The van der Waals surface area contributed by atoms with Gasteiger partial charge in [0.2, 0.25) is 0 Å². The van der Waals surface area contributed by atoms with Crippen LogP contribution in [0.4, 0.5) is 0 Å². The van der Waals surface area contributed by atoms with E-state index in [0.717, 1.165) is 25.7 Å². The number of benzene rings is 2. The maximum Gasteiger partial charge on any atom is 0.258 e. The fourth-order valence-corrected chi connectivity index (χ4v) is 3.90. The Morgan fingerprint density at radius 1 is 1.22 bits per heavy atom. The van der Waals surface area contributed by atoms with E-state index in [1.54, 1.807) is 12.1 Å². The maximum atomic E-state index is 12.8. The van der Waals surface area contributed by atoms with E-state index >= 15 is 0 Å². The molecule has 0 aromatic heterocycles. The number of phenols is 1. The molecule has 0 atom stereocenters. The summed E-state index contributed by atoms with van der Waals surface area (Å²) in [6.07, 6.45) is 3.35. The largest absolute Gasteiger partial charge is 0.507 e. The Kier molecular flexibility index (Phi) is 5.74. The van der Waals surface area contributed by atoms with Crippen LogP contribution >= 0.6 is 0 Å². The van der Waals surface area contributed by atoms with Crippen molar-refractivity contribution in [2.45, 2.75) is 37.1 Å². The predicted molar refractivity (Wildman–Crippen MR) is 103 cm³/mol. The Labute approximate surface area is 159 Å². The molecule has 1 fully saturated rings. The van der Waals surface area contributed by atoms with Gasteiger partial charge in [-0.15, -0.1) is 0 Å². The minimum Gasteiger partial charge on any atom is -0.507 e. The van der Waals surface area contributed by atoms with Gasteiger partial charge in [0.05, 0.1) is 13.2 Å². The standard InChI is InChI=1S/C21H25N3O3/c1-27-18-9-5-8-17(25)19(18)20(26)23-14-21(15-6-3-2-4-7-15)12-10-16(24-22)11-13-21/h2-9,16,22,25H,10-14H2,1H3,(H,23,26). The van der Waals surface area contributed by atoms with Crippen molar-refractivity contribution in [1.82, 2.24) is 5.32 Å². The van der Waals surface area contributed by atoms with Gasteiger partial charge in [0.15, 0.2) is 0 Å². The van der Waals surface area contributed by atoms with Crippen LogP contribution < -0.4 is 10.1 Å². The fraction of sp³-hybridized carbons (Fsp3) is 0.381. The first-order valence-electron chi connectivity index (χ1n) is 9.16. The molecule has 1 saturated carbocycles. The Hall–Kier alpha value is -2.89. The van der Waals surface area contributed by atoms with Gasteiger partial charge in [0.1, 0.15) is 17.1 Å². The second kappa shape index (κ2) is 8.20. The summed E-state index contributed by atoms with van der Waals surface area (Å²) in [5.74, 6) is -0.108. The van der Waals surface area contributed by atoms with E-state index in [0.29, 0.717) is 12.3 Å². The smallest absolute Gasteiger partial charge is 0.258 e. The maximum absolute atomic E-state index is 12.8. The third kappa shape index (κ3) is 3.94. The van der Waals surface area contributed by atoms with Gasteiger partial charge in [-0.2, -0.15) is 5.11 Å². The number of carbonyl (C=O) groups is 1. The molecule has 2 aromatic carbocycles. The molecule has 142 valence electrons. The Morgan fingerprint density at radius 3 is 2.56 bits per heavy atom. The van der Waals surface area contributed by atoms with Gasteiger partial charge in [-0.3, -0.25) is 4.79 Å². The third-order valence-electron chi connectivity index (χ3n) is 5.52. The van der Waals surface area contributed by atoms with Crippen LogP contribution in [-0.4, -0.2) is 30.7 Å². The highest BCUT2D eigenvalue weighted by molar-refractivity contribution is 5.99. The van der Waals surface area contributed by atoms with Gasteiger partial charge in [0.25, 0.3) is 5.91 Å². The van der Waals surface area contributed by atoms with Crippen molar-refractivity contribution in [1.29, 1.82) is 5.53 Å². The molecule has 0 heterocycles. The monoisotopic (exact) mass is 367 g/mol. The van der Waals surface area contributed by atoms with E-state index in [-0.39, 0.29) is 28.7 Å². The fourth-order valence-electron chi connectivity index (χ4n) is 3.90. The number of rotatable bonds is 6. The van der Waals surface area contributed by atoms with Crippen LogP contribution in [0.1, 0.15) is 41.6 Å². The number of ether oxygens (including phenoxy) is 1. The van der Waals surface area contributed by atoms with E-state index in [4.69, 9.17) is 10.3 Å². The number of aromatic hydroxyl groups is 1. The van der Waals surface area contributed by atoms with Gasteiger partial charge in [0, 0.05) is 12.0 Å². The number of nitrogens with one attached hydrogen (secondary N) is 2. The molecule has 0 saturated heterocycles. The van der Waals surface area contributed by atoms with E-state index in [1.165, 1.54) is 18.7 Å². The summed E-state index contributed by atoms with van der Waals surface area (Å²) in [5, 5.41) is 16.8. The first-order valence-corrected chi connectivity index (χ1v) is 9.16. The summed E-state index contributed by atoms with van der Waals surface area (Å²) < 4.78 is 5.22. The summed E-state index contributed by atoms with van der Waals surface area (Å²) in [5.41, 5.74) is 8.43. The molecule has 0 bridgehead atoms. The first kappa shape index (κ1) is 18.9. The zero-order chi connectivity index (χ0) is 19.3. The quantitative estimate of drug-likeness (QED) is 0.672. The summed E-state index contributed by atoms with van der Waals surface area (Å²) in [4.78, 5) is 12.8. The number of nitrogens with zero attached hydrogens (tertiary/aromatic N) is 1. The van der Waals surface area contributed by atoms with Crippen LogP contribution in [0.25, 0.3) is 0 Å². The van der Waals surface area contributed by atoms with Crippen molar-refractivity contribution < 1.29 is 14.6 Å². The van der Waals surface area contributed by atoms with Gasteiger partial charge < -0.3 is 15.2 Å². The van der Waals surface area contributed by atoms with Crippen LogP contribution in [0.5, 0.6) is 11.5 Å². The zero-order valence-corrected chi connectivity index (χ0v) is 15.4. The molecule has 6 heteroatoms. The van der Waals surface area contributed by atoms with Crippen LogP contribution in [0.3, 0.4) is 0 Å². The number of hydrogen-bond donors (Lipinski definition) is 3. The summed E-state index contributed by atoms with van der Waals surface area (Å²) >= 11 is 0. The second-order valence-corrected chi connectivity index (χ2v) is 7.04. The number of carbonyl (C=O) groups excluding carboxylic acids is 1. The Morgan fingerprint density at radius 2 is 1.93 bits per heavy atom. The number of methoxy groups -OCH3 is 1. The second-order valence-electron chi connectivity index (χ2n) is 7.04. The van der Waals surface area contributed by atoms with Crippen molar-refractivity contribution in [2.24, 2.45) is 5.11 Å². The van der Waals surface area contributed by atoms with Crippen molar-refractivity contribution in [3.05, 3.63) is 59.7 Å². The lowest BCUT2D eigenvalue weighted by atomic mass is 9.68. The summed E-state index contributed by atoms with van der Waals surface area (Å²) in [7, 11) is 1.47. The molecule has 3 rings (SSSR count). The van der Waals surface area contributed by atoms with E-state index < -0.39 is 0 Å². The van der Waals surface area contributed by atoms with Gasteiger partial charge >= 0.3 is 0 Å². The molecule has 0 radical (unpaired) electrons. The lowest BCUT2D eigenvalue weighted by molar-refractivity contribution is 0.0929. The molecule has 0 aliphatic heterocycles. The number of phenolic OH excluding ortho intramolecular Hbond substituents is 1. The van der Waals surface area contributed by atoms with Gasteiger partial charge in [-0.05, 0) is 43.4 Å². The topological polar surface area (TPSA) is 94.8 Å². The van der Waals surface area contributed by atoms with Crippen LogP contribution in [0, 0.1) is 5.53 Å². The molecule has 0 unspecified atom stereocenters. The van der Waals surface area contributed by atoms with E-state index in [2.05, 4.69) is 22.6 Å². The highest BCUT2D eigenvalue weighted by Gasteiger charge is 2.37. The van der Waals surface area contributed by atoms with Crippen LogP contribution in [0.15, 0.2) is 53.6 Å². The minimum atomic E-state index is -0.354. The molecule has 1 amide bonds. The van der Waals surface area contributed by atoms with Crippen LogP contribution in [-0.2, 0) is 5.41 Å². The minimum absolute atomic E-state index is 0.0656. The average molecular weight is 367 g/mol. The molecule has 6 nitrogen and oxygen atoms in total. The van der Waals surface area contributed by atoms with Crippen molar-refractivity contribution >= 4 is 5.91 Å². The van der Waals surface area contributed by atoms with Crippen molar-refractivity contribution in [2.75, 3.05) is 13.7 Å². The molecular weight excluding hydrogens is 342 g/mol. The van der Waals surface area contributed by atoms with Gasteiger partial charge in [-0.25, -0.2) is 5.53 Å². The SMILES string of the molecule is COc1cccc(O)c1C(=O)NCC1(c2ccccc2)CCC(N=N)CC1. The predicted octanol–water partition coefficient (Wildman–Crippen LogP) is 4.04. The molecule has 1 aliphatic carbocycles. The number of amides is 1. The lowest BCUT2D eigenvalue weighted by Crippen LogP contribution is -2.44. The zero-order valence-electron chi connectivity index (χ0n) is 15.4. The van der Waals surface area contributed by atoms with Crippen molar-refractivity contribution in [3.8, 4) is 11.5 Å². The molecule has 3 N–H and O–H groups in total. The highest BCUT2D eigenvalue weighted by Crippen LogP contribution is 2.40. The lowest BCUT2D eigenvalue weighted by Gasteiger charge is -2.39. The highest BCUT2D eigenvalue weighted by atomic mass is 16.5. The van der Waals surface area contributed by atoms with Crippen LogP contribution in [0.2, 0.25) is 0 Å². The first-order chi connectivity index (χ1) is 13.1. The van der Waals surface area contributed by atoms with Gasteiger partial charge in [-0.1, -0.05) is 36.4 Å².